The van der Waals surface area contributed by atoms with E-state index in [2.05, 4.69) is 15.8 Å². The van der Waals surface area contributed by atoms with Crippen molar-refractivity contribution in [2.45, 2.75) is 13.3 Å². The van der Waals surface area contributed by atoms with Gasteiger partial charge in [-0.15, -0.1) is 0 Å². The van der Waals surface area contributed by atoms with Gasteiger partial charge in [-0.2, -0.15) is 5.10 Å². The molecule has 0 bridgehead atoms. The molecule has 0 saturated heterocycles. The number of carbonyl (C=O) groups is 2. The third-order valence-corrected chi connectivity index (χ3v) is 4.04. The van der Waals surface area contributed by atoms with E-state index in [4.69, 9.17) is 0 Å². The van der Waals surface area contributed by atoms with Crippen molar-refractivity contribution < 1.29 is 14.5 Å². The summed E-state index contributed by atoms with van der Waals surface area (Å²) in [6, 6.07) is 12.5. The van der Waals surface area contributed by atoms with Crippen molar-refractivity contribution in [3.8, 4) is 0 Å². The molecule has 1 heterocycles. The zero-order valence-electron chi connectivity index (χ0n) is 13.9. The van der Waals surface area contributed by atoms with Gasteiger partial charge in [0.1, 0.15) is 0 Å². The summed E-state index contributed by atoms with van der Waals surface area (Å²) in [6.07, 6.45) is 0.386. The molecule has 3 rings (SSSR count). The van der Waals surface area contributed by atoms with E-state index in [1.54, 1.807) is 12.1 Å². The van der Waals surface area contributed by atoms with Crippen molar-refractivity contribution in [1.82, 2.24) is 5.43 Å². The summed E-state index contributed by atoms with van der Waals surface area (Å²) in [6.45, 7) is 1.93. The van der Waals surface area contributed by atoms with E-state index < -0.39 is 4.92 Å². The maximum atomic E-state index is 12.2. The van der Waals surface area contributed by atoms with Gasteiger partial charge in [-0.05, 0) is 29.8 Å². The number of nitrogens with zero attached hydrogens (tertiary/aromatic N) is 2. The molecule has 0 aliphatic carbocycles. The average Bonchev–Trinajstić information content (AvgIpc) is 2.63. The fourth-order valence-corrected chi connectivity index (χ4v) is 2.66. The molecule has 2 aromatic rings. The molecule has 26 heavy (non-hydrogen) atoms. The van der Waals surface area contributed by atoms with Gasteiger partial charge in [0, 0.05) is 35.7 Å². The molecule has 0 radical (unpaired) electrons. The Kier molecular flexibility index (Phi) is 4.74. The van der Waals surface area contributed by atoms with Crippen LogP contribution in [0.1, 0.15) is 29.3 Å². The highest BCUT2D eigenvalue weighted by Gasteiger charge is 2.21. The normalized spacial score (nSPS) is 16.4. The Morgan fingerprint density at radius 1 is 1.19 bits per heavy atom. The minimum absolute atomic E-state index is 0.0179. The quantitative estimate of drug-likeness (QED) is 0.650. The number of amides is 2. The van der Waals surface area contributed by atoms with Gasteiger partial charge in [0.25, 0.3) is 11.6 Å². The van der Waals surface area contributed by atoms with Gasteiger partial charge in [0.2, 0.25) is 5.91 Å². The van der Waals surface area contributed by atoms with Crippen LogP contribution < -0.4 is 10.7 Å². The molecule has 1 aliphatic heterocycles. The molecular formula is C18H16N4O4. The Labute approximate surface area is 149 Å². The molecule has 1 atom stereocenters. The van der Waals surface area contributed by atoms with Gasteiger partial charge in [0.05, 0.1) is 10.6 Å². The third-order valence-electron chi connectivity index (χ3n) is 4.04. The van der Waals surface area contributed by atoms with Gasteiger partial charge >= 0.3 is 0 Å². The average molecular weight is 352 g/mol. The van der Waals surface area contributed by atoms with E-state index in [0.717, 1.165) is 11.3 Å². The van der Waals surface area contributed by atoms with E-state index in [1.165, 1.54) is 24.3 Å². The minimum atomic E-state index is -0.516. The summed E-state index contributed by atoms with van der Waals surface area (Å²) in [4.78, 5) is 33.7. The van der Waals surface area contributed by atoms with Gasteiger partial charge in [0.15, 0.2) is 0 Å². The van der Waals surface area contributed by atoms with Crippen LogP contribution in [0.3, 0.4) is 0 Å². The van der Waals surface area contributed by atoms with Crippen LogP contribution >= 0.6 is 0 Å². The summed E-state index contributed by atoms with van der Waals surface area (Å²) in [5.74, 6) is -0.444. The number of nitro benzene ring substituents is 1. The van der Waals surface area contributed by atoms with E-state index in [-0.39, 0.29) is 23.4 Å². The Bertz CT molecular complexity index is 888. The number of anilines is 1. The number of benzene rings is 2. The maximum absolute atomic E-state index is 12.2. The number of hydrogen-bond acceptors (Lipinski definition) is 5. The SMILES string of the molecule is CC1CC(=O)NN=C1c1ccc(NC(=O)c2ccc([N+](=O)[O-])cc2)cc1. The van der Waals surface area contributed by atoms with Gasteiger partial charge in [-0.1, -0.05) is 19.1 Å². The minimum Gasteiger partial charge on any atom is -0.322 e. The van der Waals surface area contributed by atoms with Crippen LogP contribution in [0, 0.1) is 16.0 Å². The van der Waals surface area contributed by atoms with Crippen LogP contribution in [0.4, 0.5) is 11.4 Å². The number of nitrogens with one attached hydrogen (secondary N) is 2. The fourth-order valence-electron chi connectivity index (χ4n) is 2.66. The van der Waals surface area contributed by atoms with Gasteiger partial charge < -0.3 is 5.32 Å². The molecule has 0 aromatic heterocycles. The van der Waals surface area contributed by atoms with Crippen LogP contribution in [0.25, 0.3) is 0 Å². The van der Waals surface area contributed by atoms with Crippen molar-refractivity contribution in [1.29, 1.82) is 0 Å². The highest BCUT2D eigenvalue weighted by Crippen LogP contribution is 2.19. The Morgan fingerprint density at radius 3 is 2.42 bits per heavy atom. The second-order valence-electron chi connectivity index (χ2n) is 5.97. The van der Waals surface area contributed by atoms with Crippen molar-refractivity contribution in [3.63, 3.8) is 0 Å². The summed E-state index contributed by atoms with van der Waals surface area (Å²) in [5.41, 5.74) is 4.97. The van der Waals surface area contributed by atoms with E-state index in [0.29, 0.717) is 17.7 Å². The Balaban J connectivity index is 1.70. The van der Waals surface area contributed by atoms with Crippen LogP contribution in [0.5, 0.6) is 0 Å². The third kappa shape index (κ3) is 3.75. The zero-order chi connectivity index (χ0) is 18.7. The second-order valence-corrected chi connectivity index (χ2v) is 5.97. The van der Waals surface area contributed by atoms with Crippen LogP contribution in [0.2, 0.25) is 0 Å². The Morgan fingerprint density at radius 2 is 1.85 bits per heavy atom. The van der Waals surface area contributed by atoms with Crippen LogP contribution in [-0.2, 0) is 4.79 Å². The first-order valence-corrected chi connectivity index (χ1v) is 7.96. The molecule has 8 heteroatoms. The number of hydrazone groups is 1. The first-order valence-electron chi connectivity index (χ1n) is 7.96. The molecule has 0 fully saturated rings. The van der Waals surface area contributed by atoms with Gasteiger partial charge in [-0.25, -0.2) is 5.43 Å². The molecule has 2 amide bonds. The summed E-state index contributed by atoms with van der Waals surface area (Å²) >= 11 is 0. The van der Waals surface area contributed by atoms with Crippen molar-refractivity contribution in [3.05, 3.63) is 69.8 Å². The molecule has 0 spiro atoms. The van der Waals surface area contributed by atoms with Crippen molar-refractivity contribution >= 4 is 28.9 Å². The fraction of sp³-hybridized carbons (Fsp3) is 0.167. The lowest BCUT2D eigenvalue weighted by Crippen LogP contribution is -2.31. The standard InChI is InChI=1S/C18H16N4O4/c1-11-10-16(23)20-21-17(11)12-2-6-14(7-3-12)19-18(24)13-4-8-15(9-5-13)22(25)26/h2-9,11H,10H2,1H3,(H,19,24)(H,20,23). The second kappa shape index (κ2) is 7.14. The molecule has 1 unspecified atom stereocenters. The number of hydrogen-bond donors (Lipinski definition) is 2. The van der Waals surface area contributed by atoms with Crippen molar-refractivity contribution in [2.24, 2.45) is 11.0 Å². The lowest BCUT2D eigenvalue weighted by atomic mass is 9.94. The smallest absolute Gasteiger partial charge is 0.269 e. The molecule has 0 saturated carbocycles. The summed E-state index contributed by atoms with van der Waals surface area (Å²) in [7, 11) is 0. The highest BCUT2D eigenvalue weighted by molar-refractivity contribution is 6.07. The topological polar surface area (TPSA) is 114 Å². The predicted octanol–water partition coefficient (Wildman–Crippen LogP) is 2.71. The van der Waals surface area contributed by atoms with E-state index in [9.17, 15) is 19.7 Å². The van der Waals surface area contributed by atoms with E-state index in [1.807, 2.05) is 19.1 Å². The first-order chi connectivity index (χ1) is 12.4. The van der Waals surface area contributed by atoms with Crippen LogP contribution in [0.15, 0.2) is 53.6 Å². The van der Waals surface area contributed by atoms with Crippen LogP contribution in [-0.4, -0.2) is 22.4 Å². The maximum Gasteiger partial charge on any atom is 0.269 e. The largest absolute Gasteiger partial charge is 0.322 e. The molecule has 132 valence electrons. The molecule has 1 aliphatic rings. The molecule has 2 N–H and O–H groups in total. The zero-order valence-corrected chi connectivity index (χ0v) is 13.9. The summed E-state index contributed by atoms with van der Waals surface area (Å²) in [5, 5.41) is 17.5. The van der Waals surface area contributed by atoms with E-state index >= 15 is 0 Å². The summed E-state index contributed by atoms with van der Waals surface area (Å²) < 4.78 is 0. The lowest BCUT2D eigenvalue weighted by Gasteiger charge is -2.19. The Hall–Kier alpha value is -3.55. The first kappa shape index (κ1) is 17.3. The molecular weight excluding hydrogens is 336 g/mol. The molecule has 8 nitrogen and oxygen atoms in total. The number of non-ortho nitro benzene ring substituents is 1. The number of nitro groups is 1. The monoisotopic (exact) mass is 352 g/mol. The highest BCUT2D eigenvalue weighted by atomic mass is 16.6. The number of rotatable bonds is 4. The number of carbonyl (C=O) groups excluding carboxylic acids is 2. The molecule has 2 aromatic carbocycles. The van der Waals surface area contributed by atoms with Gasteiger partial charge in [-0.3, -0.25) is 19.7 Å². The predicted molar refractivity (Wildman–Crippen MR) is 96.0 cm³/mol. The lowest BCUT2D eigenvalue weighted by molar-refractivity contribution is -0.384. The van der Waals surface area contributed by atoms with Crippen molar-refractivity contribution in [2.75, 3.05) is 5.32 Å².